The summed E-state index contributed by atoms with van der Waals surface area (Å²) in [6.45, 7) is 12.8. The van der Waals surface area contributed by atoms with Gasteiger partial charge in [0.2, 0.25) is 0 Å². The van der Waals surface area contributed by atoms with E-state index in [1.165, 1.54) is 0 Å². The number of hydrogen-bond acceptors (Lipinski definition) is 7. The number of rotatable bonds is 7. The lowest BCUT2D eigenvalue weighted by Gasteiger charge is -2.24. The number of benzene rings is 2. The molecule has 0 spiro atoms. The number of fused-ring (bicyclic) bond motifs is 2. The van der Waals surface area contributed by atoms with Gasteiger partial charge in [0, 0.05) is 13.1 Å². The Morgan fingerprint density at radius 1 is 0.976 bits per heavy atom. The van der Waals surface area contributed by atoms with Crippen molar-refractivity contribution in [1.82, 2.24) is 24.7 Å². The zero-order valence-corrected chi connectivity index (χ0v) is 26.3. The van der Waals surface area contributed by atoms with Crippen molar-refractivity contribution in [2.45, 2.75) is 65.5 Å². The van der Waals surface area contributed by atoms with E-state index in [0.717, 1.165) is 33.1 Å². The average molecular weight is 613 g/mol. The number of carbonyl (C=O) groups excluding carboxylic acids is 1. The second kappa shape index (κ2) is 10.9. The Hall–Kier alpha value is -3.60. The number of aryl methyl sites for hydroxylation is 1. The van der Waals surface area contributed by atoms with Gasteiger partial charge in [0.05, 0.1) is 51.1 Å². The molecule has 1 amide bonds. The molecule has 0 radical (unpaired) electrons. The van der Waals surface area contributed by atoms with Gasteiger partial charge >= 0.3 is 0 Å². The Morgan fingerprint density at radius 3 is 2.31 bits per heavy atom. The molecule has 0 unspecified atom stereocenters. The third-order valence-corrected chi connectivity index (χ3v) is 7.97. The van der Waals surface area contributed by atoms with Crippen LogP contribution in [0, 0.1) is 0 Å². The molecule has 0 aliphatic carbocycles. The first kappa shape index (κ1) is 29.9. The van der Waals surface area contributed by atoms with Crippen LogP contribution in [-0.2, 0) is 35.8 Å². The van der Waals surface area contributed by atoms with Gasteiger partial charge in [0.1, 0.15) is 6.61 Å². The van der Waals surface area contributed by atoms with Gasteiger partial charge in [0.25, 0.3) is 5.91 Å². The summed E-state index contributed by atoms with van der Waals surface area (Å²) >= 11 is 13.9. The minimum Gasteiger partial charge on any atom is -0.387 e. The Bertz CT molecular complexity index is 1790. The summed E-state index contributed by atoms with van der Waals surface area (Å²) in [4.78, 5) is 12.2. The topological polar surface area (TPSA) is 123 Å². The molecule has 0 atom stereocenters. The number of aliphatic hydroxyl groups is 1. The third-order valence-electron chi connectivity index (χ3n) is 7.22. The van der Waals surface area contributed by atoms with Crippen LogP contribution in [0.3, 0.4) is 0 Å². The molecule has 10 nitrogen and oxygen atoms in total. The first-order valence-electron chi connectivity index (χ1n) is 13.6. The number of carbonyl (C=O) groups is 1. The number of halogens is 2. The zero-order chi connectivity index (χ0) is 30.6. The number of anilines is 2. The van der Waals surface area contributed by atoms with Gasteiger partial charge in [-0.25, -0.2) is 0 Å². The van der Waals surface area contributed by atoms with E-state index < -0.39 is 12.5 Å². The van der Waals surface area contributed by atoms with Crippen molar-refractivity contribution in [1.29, 1.82) is 0 Å². The lowest BCUT2D eigenvalue weighted by Crippen LogP contribution is -2.17. The number of nitrogens with one attached hydrogen (secondary N) is 2. The van der Waals surface area contributed by atoms with Crippen molar-refractivity contribution in [3.8, 4) is 0 Å². The van der Waals surface area contributed by atoms with Crippen LogP contribution in [0.5, 0.6) is 0 Å². The number of aromatic nitrogens is 5. The monoisotopic (exact) mass is 611 g/mol. The minimum absolute atomic E-state index is 0.236. The van der Waals surface area contributed by atoms with Crippen LogP contribution in [0.4, 0.5) is 11.6 Å². The fraction of sp³-hybridized carbons (Fsp3) is 0.400. The molecule has 5 rings (SSSR count). The highest BCUT2D eigenvalue weighted by molar-refractivity contribution is 6.38. The second-order valence-electron chi connectivity index (χ2n) is 12.5. The number of nitrogens with zero attached hydrogens (tertiary/aromatic N) is 5. The Kier molecular flexibility index (Phi) is 7.76. The summed E-state index contributed by atoms with van der Waals surface area (Å²) in [6.07, 6.45) is 1.60. The van der Waals surface area contributed by atoms with E-state index in [1.807, 2.05) is 28.5 Å². The van der Waals surface area contributed by atoms with E-state index in [4.69, 9.17) is 37.9 Å². The molecule has 3 N–H and O–H groups in total. The standard InChI is InChI=1S/C30H35Cl2N7O3/c1-29(2,3)18-8-9-20(31)22-26(18)39(37-28(22)35-21(41)15-40)14-16-12-19(30(4,5)6)25-23(24(16)32)27(36-38(25)7)33-13-17-10-11-34-42-17/h8-12,40H,13-15H2,1-7H3,(H,33,36)(H,35,37,41). The summed E-state index contributed by atoms with van der Waals surface area (Å²) in [6, 6.07) is 7.69. The molecule has 3 heterocycles. The summed E-state index contributed by atoms with van der Waals surface area (Å²) in [7, 11) is 1.90. The van der Waals surface area contributed by atoms with E-state index in [1.54, 1.807) is 12.3 Å². The van der Waals surface area contributed by atoms with Crippen molar-refractivity contribution in [2.24, 2.45) is 7.05 Å². The van der Waals surface area contributed by atoms with Crippen LogP contribution in [0.15, 0.2) is 35.0 Å². The van der Waals surface area contributed by atoms with Crippen LogP contribution in [-0.4, -0.2) is 42.3 Å². The van der Waals surface area contributed by atoms with E-state index in [9.17, 15) is 9.90 Å². The van der Waals surface area contributed by atoms with Crippen LogP contribution in [0.1, 0.15) is 64.0 Å². The van der Waals surface area contributed by atoms with Crippen molar-refractivity contribution in [3.05, 3.63) is 63.0 Å². The summed E-state index contributed by atoms with van der Waals surface area (Å²) in [5.74, 6) is 1.00. The predicted molar refractivity (Wildman–Crippen MR) is 167 cm³/mol. The first-order valence-corrected chi connectivity index (χ1v) is 14.4. The summed E-state index contributed by atoms with van der Waals surface area (Å²) < 4.78 is 8.93. The second-order valence-corrected chi connectivity index (χ2v) is 13.2. The largest absolute Gasteiger partial charge is 0.387 e. The molecule has 0 fully saturated rings. The predicted octanol–water partition coefficient (Wildman–Crippen LogP) is 6.40. The Balaban J connectivity index is 1.73. The van der Waals surface area contributed by atoms with Gasteiger partial charge < -0.3 is 20.3 Å². The fourth-order valence-corrected chi connectivity index (χ4v) is 5.78. The number of aliphatic hydroxyl groups excluding tert-OH is 1. The zero-order valence-electron chi connectivity index (χ0n) is 24.8. The highest BCUT2D eigenvalue weighted by Crippen LogP contribution is 2.42. The van der Waals surface area contributed by atoms with Gasteiger partial charge in [-0.1, -0.05) is 76.0 Å². The van der Waals surface area contributed by atoms with E-state index >= 15 is 0 Å². The highest BCUT2D eigenvalue weighted by Gasteiger charge is 2.28. The molecule has 5 aromatic rings. The Morgan fingerprint density at radius 2 is 1.69 bits per heavy atom. The molecule has 0 bridgehead atoms. The molecular formula is C30H35Cl2N7O3. The number of amides is 1. The lowest BCUT2D eigenvalue weighted by atomic mass is 9.84. The van der Waals surface area contributed by atoms with Gasteiger partial charge in [0.15, 0.2) is 17.4 Å². The molecule has 0 saturated heterocycles. The molecule has 12 heteroatoms. The quantitative estimate of drug-likeness (QED) is 0.194. The maximum Gasteiger partial charge on any atom is 0.251 e. The van der Waals surface area contributed by atoms with Crippen LogP contribution < -0.4 is 10.6 Å². The van der Waals surface area contributed by atoms with E-state index in [2.05, 4.69) is 63.4 Å². The molecule has 42 heavy (non-hydrogen) atoms. The fourth-order valence-electron chi connectivity index (χ4n) is 5.24. The highest BCUT2D eigenvalue weighted by atomic mass is 35.5. The molecule has 0 aliphatic heterocycles. The normalized spacial score (nSPS) is 12.4. The maximum atomic E-state index is 12.2. The van der Waals surface area contributed by atoms with Crippen molar-refractivity contribution in [3.63, 3.8) is 0 Å². The number of hydrogen-bond donors (Lipinski definition) is 3. The summed E-state index contributed by atoms with van der Waals surface area (Å²) in [5, 5.41) is 31.2. The van der Waals surface area contributed by atoms with Crippen LogP contribution in [0.2, 0.25) is 10.0 Å². The molecule has 222 valence electrons. The van der Waals surface area contributed by atoms with Crippen molar-refractivity contribution in [2.75, 3.05) is 17.2 Å². The van der Waals surface area contributed by atoms with E-state index in [0.29, 0.717) is 40.1 Å². The average Bonchev–Trinajstić information content (AvgIpc) is 3.62. The lowest BCUT2D eigenvalue weighted by molar-refractivity contribution is -0.118. The SMILES string of the molecule is Cn1nc(NCc2ccno2)c2c(Cl)c(Cn3nc(NC(=O)CO)c4c(Cl)ccc(C(C)(C)C)c43)cc(C(C)(C)C)c21. The van der Waals surface area contributed by atoms with Crippen LogP contribution in [0.25, 0.3) is 21.8 Å². The molecular weight excluding hydrogens is 577 g/mol. The minimum atomic E-state index is -0.673. The van der Waals surface area contributed by atoms with Crippen LogP contribution >= 0.6 is 23.2 Å². The van der Waals surface area contributed by atoms with Gasteiger partial charge in [-0.2, -0.15) is 10.2 Å². The molecule has 0 aliphatic rings. The van der Waals surface area contributed by atoms with E-state index in [-0.39, 0.29) is 16.6 Å². The summed E-state index contributed by atoms with van der Waals surface area (Å²) in [5.41, 5.74) is 4.11. The molecule has 3 aromatic heterocycles. The van der Waals surface area contributed by atoms with Crippen molar-refractivity contribution >= 4 is 62.6 Å². The maximum absolute atomic E-state index is 12.2. The first-order chi connectivity index (χ1) is 19.7. The third kappa shape index (κ3) is 5.46. The molecule has 2 aromatic carbocycles. The van der Waals surface area contributed by atoms with Crippen molar-refractivity contribution < 1.29 is 14.4 Å². The van der Waals surface area contributed by atoms with Gasteiger partial charge in [-0.05, 0) is 39.7 Å². The van der Waals surface area contributed by atoms with Gasteiger partial charge in [-0.15, -0.1) is 0 Å². The Labute approximate surface area is 253 Å². The molecule has 0 saturated carbocycles. The smallest absolute Gasteiger partial charge is 0.251 e. The van der Waals surface area contributed by atoms with Gasteiger partial charge in [-0.3, -0.25) is 14.2 Å².